The van der Waals surface area contributed by atoms with Crippen LogP contribution >= 0.6 is 23.4 Å². The molecular weight excluding hydrogens is 420 g/mol. The largest absolute Gasteiger partial charge is 0.326 e. The Labute approximate surface area is 173 Å². The first kappa shape index (κ1) is 20.7. The fraction of sp³-hybridized carbons (Fsp3) is 0.263. The highest BCUT2D eigenvalue weighted by Gasteiger charge is 2.29. The average molecular weight is 439 g/mol. The van der Waals surface area contributed by atoms with E-state index in [0.717, 1.165) is 4.90 Å². The number of amides is 2. The molecule has 2 aromatic rings. The predicted molar refractivity (Wildman–Crippen MR) is 112 cm³/mol. The van der Waals surface area contributed by atoms with Crippen LogP contribution in [0.4, 0.5) is 11.4 Å². The summed E-state index contributed by atoms with van der Waals surface area (Å²) in [6.45, 7) is 3.28. The third-order valence-electron chi connectivity index (χ3n) is 4.34. The number of benzene rings is 2. The van der Waals surface area contributed by atoms with E-state index in [0.29, 0.717) is 16.4 Å². The Kier molecular flexibility index (Phi) is 6.02. The molecule has 1 aliphatic heterocycles. The van der Waals surface area contributed by atoms with Crippen LogP contribution in [0.15, 0.2) is 52.3 Å². The number of nitrogens with one attached hydrogen (secondary N) is 2. The Hall–Kier alpha value is -2.03. The maximum atomic E-state index is 12.9. The summed E-state index contributed by atoms with van der Waals surface area (Å²) in [5.74, 6) is -0.573. The molecule has 0 aliphatic carbocycles. The third kappa shape index (κ3) is 4.51. The van der Waals surface area contributed by atoms with E-state index in [4.69, 9.17) is 11.6 Å². The van der Waals surface area contributed by atoms with Crippen LogP contribution in [0, 0.1) is 0 Å². The van der Waals surface area contributed by atoms with Crippen molar-refractivity contribution < 1.29 is 18.0 Å². The zero-order valence-electron chi connectivity index (χ0n) is 15.2. The van der Waals surface area contributed by atoms with Crippen molar-refractivity contribution in [2.45, 2.75) is 40.6 Å². The van der Waals surface area contributed by atoms with Crippen LogP contribution in [0.2, 0.25) is 5.02 Å². The molecule has 0 aromatic heterocycles. The molecule has 0 saturated heterocycles. The topological polar surface area (TPSA) is 92.3 Å². The van der Waals surface area contributed by atoms with E-state index in [1.165, 1.54) is 30.8 Å². The van der Waals surface area contributed by atoms with Gasteiger partial charge in [-0.1, -0.05) is 11.6 Å². The normalized spacial score (nSPS) is 17.4. The zero-order valence-corrected chi connectivity index (χ0v) is 17.6. The lowest BCUT2D eigenvalue weighted by Crippen LogP contribution is -2.27. The Bertz CT molecular complexity index is 1020. The smallest absolute Gasteiger partial charge is 0.237 e. The van der Waals surface area contributed by atoms with Crippen LogP contribution < -0.4 is 10.6 Å². The van der Waals surface area contributed by atoms with Crippen molar-refractivity contribution >= 4 is 56.4 Å². The highest BCUT2D eigenvalue weighted by Crippen LogP contribution is 2.37. The molecule has 6 nitrogen and oxygen atoms in total. The van der Waals surface area contributed by atoms with Gasteiger partial charge in [-0.05, 0) is 56.3 Å². The highest BCUT2D eigenvalue weighted by atomic mass is 35.5. The first-order valence-corrected chi connectivity index (χ1v) is 11.4. The molecular formula is C19H19ClN2O4S2. The zero-order chi connectivity index (χ0) is 20.5. The monoisotopic (exact) mass is 438 g/mol. The van der Waals surface area contributed by atoms with Gasteiger partial charge in [-0.3, -0.25) is 9.59 Å². The molecule has 0 spiro atoms. The van der Waals surface area contributed by atoms with E-state index in [-0.39, 0.29) is 22.5 Å². The number of thioether (sulfide) groups is 1. The average Bonchev–Trinajstić information content (AvgIpc) is 2.64. The Morgan fingerprint density at radius 1 is 1.25 bits per heavy atom. The van der Waals surface area contributed by atoms with Crippen molar-refractivity contribution in [1.29, 1.82) is 0 Å². The van der Waals surface area contributed by atoms with Crippen molar-refractivity contribution in [3.8, 4) is 0 Å². The van der Waals surface area contributed by atoms with Gasteiger partial charge in [0.15, 0.2) is 9.84 Å². The lowest BCUT2D eigenvalue weighted by atomic mass is 10.3. The number of rotatable bonds is 5. The number of sulfone groups is 1. The van der Waals surface area contributed by atoms with E-state index < -0.39 is 21.0 Å². The molecule has 1 heterocycles. The molecule has 0 radical (unpaired) electrons. The van der Waals surface area contributed by atoms with Gasteiger partial charge in [0.2, 0.25) is 11.8 Å². The molecule has 3 rings (SSSR count). The Morgan fingerprint density at radius 3 is 2.61 bits per heavy atom. The molecule has 28 heavy (non-hydrogen) atoms. The number of halogens is 1. The van der Waals surface area contributed by atoms with Crippen molar-refractivity contribution in [2.75, 3.05) is 10.6 Å². The minimum atomic E-state index is -3.74. The number of hydrogen-bond donors (Lipinski definition) is 2. The van der Waals surface area contributed by atoms with E-state index in [9.17, 15) is 18.0 Å². The second kappa shape index (κ2) is 8.14. The first-order chi connectivity index (χ1) is 13.2. The molecule has 0 fully saturated rings. The number of fused-ring (bicyclic) bond motifs is 1. The molecule has 2 atom stereocenters. The van der Waals surface area contributed by atoms with E-state index >= 15 is 0 Å². The summed E-state index contributed by atoms with van der Waals surface area (Å²) in [4.78, 5) is 25.0. The molecule has 0 bridgehead atoms. The maximum absolute atomic E-state index is 12.9. The number of anilines is 2. The molecule has 2 N–H and O–H groups in total. The molecule has 148 valence electrons. The van der Waals surface area contributed by atoms with Crippen molar-refractivity contribution in [2.24, 2.45) is 0 Å². The summed E-state index contributed by atoms with van der Waals surface area (Å²) in [5.41, 5.74) is 1.02. The number of hydrogen-bond acceptors (Lipinski definition) is 5. The highest BCUT2D eigenvalue weighted by molar-refractivity contribution is 8.01. The molecule has 0 unspecified atom stereocenters. The van der Waals surface area contributed by atoms with Gasteiger partial charge in [-0.25, -0.2) is 8.42 Å². The Morgan fingerprint density at radius 2 is 1.93 bits per heavy atom. The van der Waals surface area contributed by atoms with Crippen LogP contribution in [0.3, 0.4) is 0 Å². The SMILES string of the molecule is C[C@H]1Sc2ccc(S(=O)(=O)[C@@H](C)CC(=O)Nc3ccc(Cl)cc3)cc2NC1=O. The standard InChI is InChI=1S/C19H19ClN2O4S2/c1-11(9-18(23)21-14-5-3-13(20)4-6-14)28(25,26)15-7-8-17-16(10-15)22-19(24)12(2)27-17/h3-8,10-12H,9H2,1-2H3,(H,21,23)(H,22,24)/t11-,12+/m0/s1. The van der Waals surface area contributed by atoms with Crippen LogP contribution in [0.1, 0.15) is 20.3 Å². The van der Waals surface area contributed by atoms with Crippen molar-refractivity contribution in [3.63, 3.8) is 0 Å². The molecule has 1 aliphatic rings. The first-order valence-electron chi connectivity index (χ1n) is 8.57. The maximum Gasteiger partial charge on any atom is 0.237 e. The molecule has 0 saturated carbocycles. The summed E-state index contributed by atoms with van der Waals surface area (Å²) in [6, 6.07) is 11.2. The molecule has 2 amide bonds. The summed E-state index contributed by atoms with van der Waals surface area (Å²) in [6.07, 6.45) is -0.194. The van der Waals surface area contributed by atoms with Gasteiger partial charge >= 0.3 is 0 Å². The summed E-state index contributed by atoms with van der Waals surface area (Å²) in [5, 5.41) is 4.77. The number of carbonyl (C=O) groups excluding carboxylic acids is 2. The van der Waals surface area contributed by atoms with Crippen molar-refractivity contribution in [1.82, 2.24) is 0 Å². The lowest BCUT2D eigenvalue weighted by Gasteiger charge is -2.22. The van der Waals surface area contributed by atoms with Gasteiger partial charge < -0.3 is 10.6 Å². The van der Waals surface area contributed by atoms with Gasteiger partial charge in [0, 0.05) is 22.0 Å². The summed E-state index contributed by atoms with van der Waals surface area (Å²) in [7, 11) is -3.74. The van der Waals surface area contributed by atoms with Gasteiger partial charge in [-0.2, -0.15) is 0 Å². The quantitative estimate of drug-likeness (QED) is 0.737. The van der Waals surface area contributed by atoms with Gasteiger partial charge in [0.25, 0.3) is 0 Å². The van der Waals surface area contributed by atoms with E-state index in [1.54, 1.807) is 37.3 Å². The van der Waals surface area contributed by atoms with E-state index in [1.807, 2.05) is 0 Å². The van der Waals surface area contributed by atoms with Crippen molar-refractivity contribution in [3.05, 3.63) is 47.5 Å². The second-order valence-corrected chi connectivity index (χ2v) is 10.7. The van der Waals surface area contributed by atoms with E-state index in [2.05, 4.69) is 10.6 Å². The lowest BCUT2D eigenvalue weighted by molar-refractivity contribution is -0.116. The second-order valence-electron chi connectivity index (χ2n) is 6.52. The Balaban J connectivity index is 1.73. The minimum absolute atomic E-state index is 0.0773. The van der Waals surface area contributed by atoms with Gasteiger partial charge in [-0.15, -0.1) is 11.8 Å². The summed E-state index contributed by atoms with van der Waals surface area (Å²) < 4.78 is 25.8. The van der Waals surface area contributed by atoms with Gasteiger partial charge in [0.1, 0.15) is 0 Å². The minimum Gasteiger partial charge on any atom is -0.326 e. The van der Waals surface area contributed by atoms with Gasteiger partial charge in [0.05, 0.1) is 21.1 Å². The fourth-order valence-corrected chi connectivity index (χ4v) is 5.14. The predicted octanol–water partition coefficient (Wildman–Crippen LogP) is 3.96. The summed E-state index contributed by atoms with van der Waals surface area (Å²) >= 11 is 7.19. The fourth-order valence-electron chi connectivity index (χ4n) is 2.71. The third-order valence-corrected chi connectivity index (χ3v) is 7.91. The van der Waals surface area contributed by atoms with Crippen LogP contribution in [0.5, 0.6) is 0 Å². The molecule has 9 heteroatoms. The molecule has 2 aromatic carbocycles. The van der Waals surface area contributed by atoms with Crippen LogP contribution in [-0.4, -0.2) is 30.7 Å². The van der Waals surface area contributed by atoms with Crippen LogP contribution in [0.25, 0.3) is 0 Å². The van der Waals surface area contributed by atoms with Crippen LogP contribution in [-0.2, 0) is 19.4 Å². The number of carbonyl (C=O) groups is 2.